The van der Waals surface area contributed by atoms with Crippen LogP contribution in [0.3, 0.4) is 0 Å². The molecule has 0 aliphatic rings. The van der Waals surface area contributed by atoms with Crippen molar-refractivity contribution in [2.45, 2.75) is 13.0 Å². The quantitative estimate of drug-likeness (QED) is 0.506. The van der Waals surface area contributed by atoms with E-state index in [1.165, 1.54) is 16.8 Å². The summed E-state index contributed by atoms with van der Waals surface area (Å²) in [7, 11) is 0. The molecular weight excluding hydrogens is 427 g/mol. The summed E-state index contributed by atoms with van der Waals surface area (Å²) >= 11 is 12.0. The normalized spacial score (nSPS) is 11.8. The lowest BCUT2D eigenvalue weighted by Gasteiger charge is -2.14. The summed E-state index contributed by atoms with van der Waals surface area (Å²) in [5.74, 6) is 0.694. The monoisotopic (exact) mass is 440 g/mol. The molecule has 0 aliphatic heterocycles. The topological polar surface area (TPSA) is 111 Å². The van der Waals surface area contributed by atoms with Crippen LogP contribution in [0.2, 0.25) is 10.0 Å². The fourth-order valence-corrected chi connectivity index (χ4v) is 3.23. The molecule has 1 N–H and O–H groups in total. The molecule has 30 heavy (non-hydrogen) atoms. The maximum Gasteiger partial charge on any atom is 0.252 e. The van der Waals surface area contributed by atoms with Crippen LogP contribution < -0.4 is 5.32 Å². The highest BCUT2D eigenvalue weighted by Gasteiger charge is 2.22. The number of amides is 1. The highest BCUT2D eigenvalue weighted by molar-refractivity contribution is 6.35. The average Bonchev–Trinajstić information content (AvgIpc) is 3.20. The predicted molar refractivity (Wildman–Crippen MR) is 110 cm³/mol. The highest BCUT2D eigenvalue weighted by atomic mass is 35.5. The van der Waals surface area contributed by atoms with Crippen molar-refractivity contribution in [3.63, 3.8) is 0 Å². The standard InChI is InChI=1S/C19H14Cl2N8O/c1-11(26-18(30)12-7-13(20)9-14(21)8-12)17-27-16(15-10-22-5-6-23-15)28-29(17)19-24-3-2-4-25-19/h2-11H,1H3,(H,26,30). The Morgan fingerprint density at radius 1 is 1.03 bits per heavy atom. The number of carbonyl (C=O) groups excluding carboxylic acids is 1. The summed E-state index contributed by atoms with van der Waals surface area (Å²) in [4.78, 5) is 34.0. The molecule has 4 aromatic rings. The molecule has 1 unspecified atom stereocenters. The van der Waals surface area contributed by atoms with Crippen molar-refractivity contribution in [3.8, 4) is 17.5 Å². The molecule has 4 rings (SSSR count). The Morgan fingerprint density at radius 2 is 1.77 bits per heavy atom. The first-order valence-electron chi connectivity index (χ1n) is 8.79. The van der Waals surface area contributed by atoms with E-state index >= 15 is 0 Å². The molecule has 0 aliphatic carbocycles. The van der Waals surface area contributed by atoms with Gasteiger partial charge in [-0.2, -0.15) is 4.68 Å². The molecule has 0 fully saturated rings. The predicted octanol–water partition coefficient (Wildman–Crippen LogP) is 3.31. The van der Waals surface area contributed by atoms with Gasteiger partial charge in [0.1, 0.15) is 5.69 Å². The van der Waals surface area contributed by atoms with Gasteiger partial charge in [-0.1, -0.05) is 23.2 Å². The van der Waals surface area contributed by atoms with Gasteiger partial charge in [-0.05, 0) is 31.2 Å². The van der Waals surface area contributed by atoms with E-state index in [-0.39, 0.29) is 5.91 Å². The van der Waals surface area contributed by atoms with E-state index < -0.39 is 6.04 Å². The second-order valence-corrected chi connectivity index (χ2v) is 7.07. The van der Waals surface area contributed by atoms with Crippen LogP contribution in [-0.2, 0) is 0 Å². The van der Waals surface area contributed by atoms with Crippen molar-refractivity contribution in [1.29, 1.82) is 0 Å². The van der Waals surface area contributed by atoms with Gasteiger partial charge in [0.25, 0.3) is 11.9 Å². The Morgan fingerprint density at radius 3 is 2.43 bits per heavy atom. The molecule has 0 saturated heterocycles. The van der Waals surface area contributed by atoms with Gasteiger partial charge in [0.05, 0.1) is 12.2 Å². The molecular formula is C19H14Cl2N8O. The van der Waals surface area contributed by atoms with Crippen LogP contribution in [0, 0.1) is 0 Å². The molecule has 150 valence electrons. The van der Waals surface area contributed by atoms with Gasteiger partial charge in [0.15, 0.2) is 5.82 Å². The van der Waals surface area contributed by atoms with E-state index in [0.717, 1.165) is 0 Å². The number of carbonyl (C=O) groups is 1. The molecule has 1 aromatic carbocycles. The first kappa shape index (κ1) is 19.9. The fraction of sp³-hybridized carbons (Fsp3) is 0.105. The minimum absolute atomic E-state index is 0.307. The minimum Gasteiger partial charge on any atom is -0.342 e. The van der Waals surface area contributed by atoms with Gasteiger partial charge in [-0.15, -0.1) is 5.10 Å². The zero-order valence-electron chi connectivity index (χ0n) is 15.6. The number of nitrogens with one attached hydrogen (secondary N) is 1. The molecule has 11 heteroatoms. The van der Waals surface area contributed by atoms with E-state index in [1.54, 1.807) is 50.0 Å². The molecule has 0 radical (unpaired) electrons. The van der Waals surface area contributed by atoms with Gasteiger partial charge in [-0.3, -0.25) is 9.78 Å². The van der Waals surface area contributed by atoms with Gasteiger partial charge in [0.2, 0.25) is 5.82 Å². The van der Waals surface area contributed by atoms with Crippen LogP contribution in [0.25, 0.3) is 17.5 Å². The van der Waals surface area contributed by atoms with Gasteiger partial charge in [0, 0.05) is 40.4 Å². The third kappa shape index (κ3) is 4.27. The summed E-state index contributed by atoms with van der Waals surface area (Å²) in [5, 5.41) is 8.07. The van der Waals surface area contributed by atoms with Crippen molar-refractivity contribution in [1.82, 2.24) is 40.0 Å². The molecule has 0 saturated carbocycles. The van der Waals surface area contributed by atoms with Crippen molar-refractivity contribution in [3.05, 3.63) is 76.7 Å². The Bertz CT molecular complexity index is 1160. The summed E-state index contributed by atoms with van der Waals surface area (Å²) in [6.07, 6.45) is 7.83. The zero-order chi connectivity index (χ0) is 21.1. The van der Waals surface area contributed by atoms with E-state index in [4.69, 9.17) is 23.2 Å². The molecule has 1 amide bonds. The lowest BCUT2D eigenvalue weighted by atomic mass is 10.2. The largest absolute Gasteiger partial charge is 0.342 e. The molecule has 3 heterocycles. The highest BCUT2D eigenvalue weighted by Crippen LogP contribution is 2.21. The van der Waals surface area contributed by atoms with Crippen LogP contribution in [0.1, 0.15) is 29.1 Å². The summed E-state index contributed by atoms with van der Waals surface area (Å²) < 4.78 is 1.46. The van der Waals surface area contributed by atoms with E-state index in [1.807, 2.05) is 0 Å². The first-order valence-corrected chi connectivity index (χ1v) is 9.54. The fourth-order valence-electron chi connectivity index (χ4n) is 2.70. The number of benzene rings is 1. The zero-order valence-corrected chi connectivity index (χ0v) is 17.1. The average molecular weight is 441 g/mol. The summed E-state index contributed by atoms with van der Waals surface area (Å²) in [6, 6.07) is 5.77. The van der Waals surface area contributed by atoms with Gasteiger partial charge in [-0.25, -0.2) is 19.9 Å². The summed E-state index contributed by atoms with van der Waals surface area (Å²) in [5.41, 5.74) is 0.809. The molecule has 0 spiro atoms. The maximum absolute atomic E-state index is 12.7. The van der Waals surface area contributed by atoms with E-state index in [2.05, 4.69) is 35.3 Å². The van der Waals surface area contributed by atoms with Crippen LogP contribution in [0.4, 0.5) is 0 Å². The van der Waals surface area contributed by atoms with Gasteiger partial charge >= 0.3 is 0 Å². The first-order chi connectivity index (χ1) is 14.5. The Kier molecular flexibility index (Phi) is 5.64. The van der Waals surface area contributed by atoms with Crippen molar-refractivity contribution < 1.29 is 4.79 Å². The van der Waals surface area contributed by atoms with Crippen LogP contribution in [-0.4, -0.2) is 40.6 Å². The van der Waals surface area contributed by atoms with Crippen molar-refractivity contribution >= 4 is 29.1 Å². The number of aromatic nitrogens is 7. The Balaban J connectivity index is 1.69. The lowest BCUT2D eigenvalue weighted by molar-refractivity contribution is 0.0938. The number of hydrogen-bond acceptors (Lipinski definition) is 7. The van der Waals surface area contributed by atoms with Crippen LogP contribution >= 0.6 is 23.2 Å². The minimum atomic E-state index is -0.544. The van der Waals surface area contributed by atoms with Crippen molar-refractivity contribution in [2.24, 2.45) is 0 Å². The lowest BCUT2D eigenvalue weighted by Crippen LogP contribution is -2.29. The van der Waals surface area contributed by atoms with Crippen LogP contribution in [0.15, 0.2) is 55.2 Å². The van der Waals surface area contributed by atoms with Crippen LogP contribution in [0.5, 0.6) is 0 Å². The van der Waals surface area contributed by atoms with Gasteiger partial charge < -0.3 is 5.32 Å². The Hall–Kier alpha value is -3.43. The SMILES string of the molecule is CC(NC(=O)c1cc(Cl)cc(Cl)c1)c1nc(-c2cnccn2)nn1-c1ncccn1. The third-order valence-electron chi connectivity index (χ3n) is 4.03. The second-order valence-electron chi connectivity index (χ2n) is 6.20. The number of nitrogens with zero attached hydrogens (tertiary/aromatic N) is 7. The van der Waals surface area contributed by atoms with Crippen molar-refractivity contribution in [2.75, 3.05) is 0 Å². The summed E-state index contributed by atoms with van der Waals surface area (Å²) in [6.45, 7) is 1.77. The second kappa shape index (κ2) is 8.52. The molecule has 3 aromatic heterocycles. The van der Waals surface area contributed by atoms with E-state index in [9.17, 15) is 4.79 Å². The Labute approximate surface area is 181 Å². The number of rotatable bonds is 5. The smallest absolute Gasteiger partial charge is 0.252 e. The van der Waals surface area contributed by atoms with E-state index in [0.29, 0.717) is 38.9 Å². The third-order valence-corrected chi connectivity index (χ3v) is 4.46. The number of halogens is 2. The maximum atomic E-state index is 12.7. The molecule has 1 atom stereocenters. The number of hydrogen-bond donors (Lipinski definition) is 1. The molecule has 9 nitrogen and oxygen atoms in total. The molecule has 0 bridgehead atoms.